The minimum absolute atomic E-state index is 0.215. The number of anilines is 1. The van der Waals surface area contributed by atoms with Gasteiger partial charge in [0.15, 0.2) is 11.5 Å². The van der Waals surface area contributed by atoms with Crippen LogP contribution in [0.1, 0.15) is 32.1 Å². The van der Waals surface area contributed by atoms with Gasteiger partial charge in [0, 0.05) is 43.5 Å². The number of methoxy groups -OCH3 is 2. The molecule has 1 saturated heterocycles. The Labute approximate surface area is 165 Å². The molecule has 7 heteroatoms. The number of ether oxygens (including phenoxy) is 2. The summed E-state index contributed by atoms with van der Waals surface area (Å²) in [6.07, 6.45) is 6.92. The van der Waals surface area contributed by atoms with Gasteiger partial charge in [-0.05, 0) is 31.7 Å². The summed E-state index contributed by atoms with van der Waals surface area (Å²) in [5, 5.41) is 0.939. The van der Waals surface area contributed by atoms with Crippen molar-refractivity contribution in [1.29, 1.82) is 0 Å². The topological polar surface area (TPSA) is 67.8 Å². The molecule has 1 saturated carbocycles. The highest BCUT2D eigenvalue weighted by molar-refractivity contribution is 5.92. The first-order chi connectivity index (χ1) is 13.6. The zero-order chi connectivity index (χ0) is 19.7. The van der Waals surface area contributed by atoms with Crippen LogP contribution in [0.25, 0.3) is 10.9 Å². The number of amides is 1. The number of hydrogen-bond acceptors (Lipinski definition) is 6. The third kappa shape index (κ3) is 3.34. The van der Waals surface area contributed by atoms with E-state index in [1.54, 1.807) is 20.5 Å². The maximum atomic E-state index is 12.7. The number of aromatic nitrogens is 2. The lowest BCUT2D eigenvalue weighted by molar-refractivity contribution is -0.139. The van der Waals surface area contributed by atoms with Crippen molar-refractivity contribution in [3.8, 4) is 11.5 Å². The van der Waals surface area contributed by atoms with Crippen LogP contribution in [0.2, 0.25) is 0 Å². The standard InChI is InChI=1S/C21H28N4O3/c1-24(21(26)14-6-4-7-14)15-8-5-9-25(12-15)20-16-10-18(27-2)19(28-3)11-17(16)22-13-23-20/h10-11,13-15H,4-9,12H2,1-3H3. The number of piperidine rings is 1. The smallest absolute Gasteiger partial charge is 0.225 e. The van der Waals surface area contributed by atoms with Crippen LogP contribution in [0.4, 0.5) is 5.82 Å². The average molecular weight is 384 g/mol. The SMILES string of the molecule is COc1cc2ncnc(N3CCCC(N(C)C(=O)C4CCC4)C3)c2cc1OC. The van der Waals surface area contributed by atoms with Crippen molar-refractivity contribution in [1.82, 2.24) is 14.9 Å². The van der Waals surface area contributed by atoms with Crippen molar-refractivity contribution < 1.29 is 14.3 Å². The lowest BCUT2D eigenvalue weighted by Crippen LogP contribution is -2.51. The maximum absolute atomic E-state index is 12.7. The molecule has 150 valence electrons. The Bertz CT molecular complexity index is 868. The van der Waals surface area contributed by atoms with E-state index < -0.39 is 0 Å². The Kier molecular flexibility index (Phi) is 5.24. The highest BCUT2D eigenvalue weighted by Crippen LogP contribution is 2.36. The Morgan fingerprint density at radius 2 is 1.86 bits per heavy atom. The molecular formula is C21H28N4O3. The monoisotopic (exact) mass is 384 g/mol. The largest absolute Gasteiger partial charge is 0.493 e. The third-order valence-corrected chi connectivity index (χ3v) is 6.17. The number of rotatable bonds is 5. The molecule has 0 spiro atoms. The van der Waals surface area contributed by atoms with Crippen molar-refractivity contribution in [2.24, 2.45) is 5.92 Å². The van der Waals surface area contributed by atoms with Crippen LogP contribution in [0.3, 0.4) is 0 Å². The van der Waals surface area contributed by atoms with Gasteiger partial charge in [-0.1, -0.05) is 6.42 Å². The van der Waals surface area contributed by atoms with Crippen LogP contribution in [-0.4, -0.2) is 61.2 Å². The van der Waals surface area contributed by atoms with Gasteiger partial charge >= 0.3 is 0 Å². The van der Waals surface area contributed by atoms with Crippen LogP contribution in [0.15, 0.2) is 18.5 Å². The average Bonchev–Trinajstić information content (AvgIpc) is 2.70. The zero-order valence-corrected chi connectivity index (χ0v) is 16.9. The summed E-state index contributed by atoms with van der Waals surface area (Å²) in [5.41, 5.74) is 0.823. The molecule has 28 heavy (non-hydrogen) atoms. The fourth-order valence-electron chi connectivity index (χ4n) is 4.21. The first-order valence-electron chi connectivity index (χ1n) is 10.0. The molecule has 1 amide bonds. The molecule has 1 aromatic heterocycles. The first kappa shape index (κ1) is 18.8. The maximum Gasteiger partial charge on any atom is 0.225 e. The van der Waals surface area contributed by atoms with Crippen molar-refractivity contribution in [3.63, 3.8) is 0 Å². The summed E-state index contributed by atoms with van der Waals surface area (Å²) in [6, 6.07) is 4.04. The molecule has 4 rings (SSSR count). The van der Waals surface area contributed by atoms with Crippen LogP contribution in [-0.2, 0) is 4.79 Å². The van der Waals surface area contributed by atoms with E-state index in [9.17, 15) is 4.79 Å². The van der Waals surface area contributed by atoms with E-state index in [1.807, 2.05) is 24.1 Å². The minimum atomic E-state index is 0.215. The lowest BCUT2D eigenvalue weighted by atomic mass is 9.84. The molecular weight excluding hydrogens is 356 g/mol. The molecule has 0 radical (unpaired) electrons. The molecule has 1 aromatic carbocycles. The second-order valence-corrected chi connectivity index (χ2v) is 7.74. The van der Waals surface area contributed by atoms with Gasteiger partial charge in [0.05, 0.1) is 19.7 Å². The highest BCUT2D eigenvalue weighted by Gasteiger charge is 2.33. The van der Waals surface area contributed by atoms with Gasteiger partial charge in [-0.25, -0.2) is 9.97 Å². The van der Waals surface area contributed by atoms with E-state index in [2.05, 4.69) is 14.9 Å². The molecule has 2 aliphatic rings. The van der Waals surface area contributed by atoms with E-state index in [0.29, 0.717) is 17.4 Å². The summed E-state index contributed by atoms with van der Waals surface area (Å²) in [4.78, 5) is 25.9. The lowest BCUT2D eigenvalue weighted by Gasteiger charge is -2.40. The summed E-state index contributed by atoms with van der Waals surface area (Å²) < 4.78 is 10.9. The Hall–Kier alpha value is -2.57. The van der Waals surface area contributed by atoms with Gasteiger partial charge in [0.25, 0.3) is 0 Å². The van der Waals surface area contributed by atoms with Gasteiger partial charge in [-0.2, -0.15) is 0 Å². The molecule has 2 fully saturated rings. The number of benzene rings is 1. The Morgan fingerprint density at radius 3 is 2.54 bits per heavy atom. The molecule has 2 heterocycles. The van der Waals surface area contributed by atoms with Crippen LogP contribution < -0.4 is 14.4 Å². The van der Waals surface area contributed by atoms with E-state index in [4.69, 9.17) is 9.47 Å². The Morgan fingerprint density at radius 1 is 1.11 bits per heavy atom. The van der Waals surface area contributed by atoms with Crippen molar-refractivity contribution in [2.45, 2.75) is 38.1 Å². The molecule has 1 aliphatic carbocycles. The number of hydrogen-bond donors (Lipinski definition) is 0. The van der Waals surface area contributed by atoms with E-state index >= 15 is 0 Å². The second-order valence-electron chi connectivity index (χ2n) is 7.74. The zero-order valence-electron chi connectivity index (χ0n) is 16.9. The first-order valence-corrected chi connectivity index (χ1v) is 10.0. The predicted molar refractivity (Wildman–Crippen MR) is 108 cm³/mol. The number of fused-ring (bicyclic) bond motifs is 1. The number of carbonyl (C=O) groups excluding carboxylic acids is 1. The predicted octanol–water partition coefficient (Wildman–Crippen LogP) is 2.87. The number of likely N-dealkylation sites (N-methyl/N-ethyl adjacent to an activating group) is 1. The number of carbonyl (C=O) groups is 1. The van der Waals surface area contributed by atoms with Crippen molar-refractivity contribution >= 4 is 22.6 Å². The van der Waals surface area contributed by atoms with Crippen LogP contribution in [0, 0.1) is 5.92 Å². The van der Waals surface area contributed by atoms with Gasteiger partial charge in [0.2, 0.25) is 5.91 Å². The highest BCUT2D eigenvalue weighted by atomic mass is 16.5. The molecule has 2 aromatic rings. The van der Waals surface area contributed by atoms with E-state index in [1.165, 1.54) is 6.42 Å². The van der Waals surface area contributed by atoms with Crippen molar-refractivity contribution in [2.75, 3.05) is 39.3 Å². The van der Waals surface area contributed by atoms with Gasteiger partial charge < -0.3 is 19.3 Å². The van der Waals surface area contributed by atoms with E-state index in [-0.39, 0.29) is 12.0 Å². The quantitative estimate of drug-likeness (QED) is 0.790. The fourth-order valence-corrected chi connectivity index (χ4v) is 4.21. The second kappa shape index (κ2) is 7.81. The third-order valence-electron chi connectivity index (χ3n) is 6.17. The normalized spacial score (nSPS) is 20.0. The fraction of sp³-hybridized carbons (Fsp3) is 0.571. The molecule has 7 nitrogen and oxygen atoms in total. The molecule has 1 atom stereocenters. The van der Waals surface area contributed by atoms with Crippen LogP contribution >= 0.6 is 0 Å². The summed E-state index contributed by atoms with van der Waals surface area (Å²) in [5.74, 6) is 2.74. The van der Waals surface area contributed by atoms with Crippen LogP contribution in [0.5, 0.6) is 11.5 Å². The molecule has 0 bridgehead atoms. The molecule has 0 N–H and O–H groups in total. The van der Waals surface area contributed by atoms with Gasteiger partial charge in [0.1, 0.15) is 12.1 Å². The van der Waals surface area contributed by atoms with Gasteiger partial charge in [-0.3, -0.25) is 4.79 Å². The summed E-state index contributed by atoms with van der Waals surface area (Å²) >= 11 is 0. The van der Waals surface area contributed by atoms with Crippen molar-refractivity contribution in [3.05, 3.63) is 18.5 Å². The number of nitrogens with zero attached hydrogens (tertiary/aromatic N) is 4. The molecule has 1 unspecified atom stereocenters. The minimum Gasteiger partial charge on any atom is -0.493 e. The summed E-state index contributed by atoms with van der Waals surface area (Å²) in [7, 11) is 5.21. The summed E-state index contributed by atoms with van der Waals surface area (Å²) in [6.45, 7) is 1.71. The Balaban J connectivity index is 1.61. The van der Waals surface area contributed by atoms with E-state index in [0.717, 1.165) is 55.5 Å². The molecule has 1 aliphatic heterocycles. The van der Waals surface area contributed by atoms with Gasteiger partial charge in [-0.15, -0.1) is 0 Å².